The zero-order valence-corrected chi connectivity index (χ0v) is 18.4. The van der Waals surface area contributed by atoms with Gasteiger partial charge in [0.25, 0.3) is 11.5 Å². The topological polar surface area (TPSA) is 68.2 Å². The van der Waals surface area contributed by atoms with E-state index in [4.69, 9.17) is 11.6 Å². The summed E-state index contributed by atoms with van der Waals surface area (Å²) in [7, 11) is 0. The van der Waals surface area contributed by atoms with Crippen molar-refractivity contribution in [1.29, 1.82) is 0 Å². The molecule has 0 unspecified atom stereocenters. The van der Waals surface area contributed by atoms with Crippen molar-refractivity contribution in [3.8, 4) is 5.69 Å². The second-order valence-electron chi connectivity index (χ2n) is 8.80. The number of fused-ring (bicyclic) bond motifs is 1. The summed E-state index contributed by atoms with van der Waals surface area (Å²) in [6.45, 7) is 5.96. The molecule has 1 heterocycles. The van der Waals surface area contributed by atoms with Crippen molar-refractivity contribution in [2.24, 2.45) is 5.41 Å². The van der Waals surface area contributed by atoms with Crippen LogP contribution in [0.2, 0.25) is 5.02 Å². The number of hydrogen-bond acceptors (Lipinski definition) is 3. The van der Waals surface area contributed by atoms with E-state index in [1.54, 1.807) is 36.4 Å². The number of nitrogens with zero attached hydrogens (tertiary/aromatic N) is 1. The maximum atomic E-state index is 13.5. The van der Waals surface area contributed by atoms with Crippen molar-refractivity contribution < 1.29 is 9.59 Å². The molecular formula is C25H23ClN2O3. The minimum absolute atomic E-state index is 0.0673. The summed E-state index contributed by atoms with van der Waals surface area (Å²) in [6, 6.07) is 15.6. The van der Waals surface area contributed by atoms with Gasteiger partial charge in [-0.25, -0.2) is 0 Å². The summed E-state index contributed by atoms with van der Waals surface area (Å²) < 4.78 is 1.48. The molecule has 1 aliphatic rings. The molecule has 0 fully saturated rings. The number of carbonyl (C=O) groups is 2. The predicted octanol–water partition coefficient (Wildman–Crippen LogP) is 5.21. The summed E-state index contributed by atoms with van der Waals surface area (Å²) >= 11 is 6.03. The second kappa shape index (κ2) is 7.82. The van der Waals surface area contributed by atoms with Gasteiger partial charge in [0.1, 0.15) is 5.56 Å². The zero-order valence-electron chi connectivity index (χ0n) is 17.7. The van der Waals surface area contributed by atoms with Crippen LogP contribution in [-0.2, 0) is 6.42 Å². The van der Waals surface area contributed by atoms with E-state index in [0.29, 0.717) is 40.5 Å². The number of pyridine rings is 1. The standard InChI is InChI=1S/C25H23ClN2O3/c1-15-4-8-17(9-5-15)27-23(30)20-12-19-21(13-25(2,3)14-22(19)29)28(24(20)31)18-10-6-16(26)7-11-18/h4-12H,13-14H2,1-3H3,(H,27,30). The molecule has 0 saturated carbocycles. The van der Waals surface area contributed by atoms with Crippen LogP contribution < -0.4 is 10.9 Å². The van der Waals surface area contributed by atoms with E-state index in [-0.39, 0.29) is 16.8 Å². The van der Waals surface area contributed by atoms with Gasteiger partial charge in [0.15, 0.2) is 5.78 Å². The van der Waals surface area contributed by atoms with Gasteiger partial charge in [-0.15, -0.1) is 0 Å². The van der Waals surface area contributed by atoms with Crippen molar-refractivity contribution in [2.45, 2.75) is 33.6 Å². The molecule has 0 saturated heterocycles. The first-order chi connectivity index (χ1) is 14.6. The lowest BCUT2D eigenvalue weighted by Gasteiger charge is -2.32. The summed E-state index contributed by atoms with van der Waals surface area (Å²) in [4.78, 5) is 39.5. The highest BCUT2D eigenvalue weighted by Gasteiger charge is 2.35. The summed E-state index contributed by atoms with van der Waals surface area (Å²) in [5.41, 5.74) is 2.45. The minimum atomic E-state index is -0.544. The van der Waals surface area contributed by atoms with Gasteiger partial charge in [-0.3, -0.25) is 19.0 Å². The average molecular weight is 435 g/mol. The van der Waals surface area contributed by atoms with Crippen LogP contribution in [0.15, 0.2) is 59.4 Å². The van der Waals surface area contributed by atoms with Crippen LogP contribution in [0.5, 0.6) is 0 Å². The zero-order chi connectivity index (χ0) is 22.3. The van der Waals surface area contributed by atoms with Crippen LogP contribution in [0.3, 0.4) is 0 Å². The highest BCUT2D eigenvalue weighted by molar-refractivity contribution is 6.30. The molecule has 0 atom stereocenters. The molecule has 158 valence electrons. The minimum Gasteiger partial charge on any atom is -0.322 e. The Labute approximate surface area is 185 Å². The van der Waals surface area contributed by atoms with Gasteiger partial charge >= 0.3 is 0 Å². The number of Topliss-reactive ketones (excluding diaryl/α,β-unsaturated/α-hetero) is 1. The largest absolute Gasteiger partial charge is 0.322 e. The third-order valence-electron chi connectivity index (χ3n) is 5.53. The molecule has 0 bridgehead atoms. The first kappa shape index (κ1) is 21.1. The lowest BCUT2D eigenvalue weighted by Crippen LogP contribution is -2.37. The molecule has 6 heteroatoms. The number of aryl methyl sites for hydroxylation is 1. The average Bonchev–Trinajstić information content (AvgIpc) is 2.69. The van der Waals surface area contributed by atoms with Crippen molar-refractivity contribution >= 4 is 29.0 Å². The number of amides is 1. The number of rotatable bonds is 3. The molecule has 2 aromatic carbocycles. The Kier molecular flexibility index (Phi) is 5.31. The van der Waals surface area contributed by atoms with Crippen LogP contribution >= 0.6 is 11.6 Å². The Morgan fingerprint density at radius 3 is 2.29 bits per heavy atom. The molecule has 1 amide bonds. The molecule has 0 radical (unpaired) electrons. The third-order valence-corrected chi connectivity index (χ3v) is 5.78. The van der Waals surface area contributed by atoms with Gasteiger partial charge < -0.3 is 5.32 Å². The maximum Gasteiger partial charge on any atom is 0.268 e. The van der Waals surface area contributed by atoms with E-state index >= 15 is 0 Å². The van der Waals surface area contributed by atoms with Gasteiger partial charge in [-0.2, -0.15) is 0 Å². The molecule has 1 aliphatic carbocycles. The first-order valence-corrected chi connectivity index (χ1v) is 10.5. The van der Waals surface area contributed by atoms with Crippen molar-refractivity contribution in [3.05, 3.63) is 92.4 Å². The fourth-order valence-corrected chi connectivity index (χ4v) is 4.10. The predicted molar refractivity (Wildman–Crippen MR) is 123 cm³/mol. The molecule has 1 aromatic heterocycles. The van der Waals surface area contributed by atoms with Crippen LogP contribution in [0.25, 0.3) is 5.69 Å². The molecular weight excluding hydrogens is 412 g/mol. The Balaban J connectivity index is 1.88. The molecule has 0 spiro atoms. The Bertz CT molecular complexity index is 1240. The molecule has 5 nitrogen and oxygen atoms in total. The first-order valence-electron chi connectivity index (χ1n) is 10.1. The molecule has 4 rings (SSSR count). The number of nitrogens with one attached hydrogen (secondary N) is 1. The van der Waals surface area contributed by atoms with Crippen LogP contribution in [0, 0.1) is 12.3 Å². The lowest BCUT2D eigenvalue weighted by atomic mass is 9.75. The summed E-state index contributed by atoms with van der Waals surface area (Å²) in [5.74, 6) is -0.615. The van der Waals surface area contributed by atoms with E-state index < -0.39 is 11.5 Å². The normalized spacial score (nSPS) is 14.8. The van der Waals surface area contributed by atoms with Gasteiger partial charge in [-0.05, 0) is 61.2 Å². The highest BCUT2D eigenvalue weighted by Crippen LogP contribution is 2.35. The maximum absolute atomic E-state index is 13.5. The Morgan fingerprint density at radius 1 is 1.00 bits per heavy atom. The monoisotopic (exact) mass is 434 g/mol. The van der Waals surface area contributed by atoms with Crippen LogP contribution in [0.4, 0.5) is 5.69 Å². The van der Waals surface area contributed by atoms with E-state index in [2.05, 4.69) is 5.32 Å². The number of carbonyl (C=O) groups excluding carboxylic acids is 2. The van der Waals surface area contributed by atoms with Gasteiger partial charge in [0.2, 0.25) is 0 Å². The van der Waals surface area contributed by atoms with Crippen molar-refractivity contribution in [1.82, 2.24) is 4.57 Å². The molecule has 3 aromatic rings. The summed E-state index contributed by atoms with van der Waals surface area (Å²) in [5, 5.41) is 3.30. The van der Waals surface area contributed by atoms with Crippen LogP contribution in [0.1, 0.15) is 52.2 Å². The summed E-state index contributed by atoms with van der Waals surface area (Å²) in [6.07, 6.45) is 0.906. The number of halogens is 1. The molecule has 31 heavy (non-hydrogen) atoms. The third kappa shape index (κ3) is 4.19. The molecule has 1 N–H and O–H groups in total. The second-order valence-corrected chi connectivity index (χ2v) is 9.23. The van der Waals surface area contributed by atoms with Gasteiger partial charge in [0, 0.05) is 34.1 Å². The highest BCUT2D eigenvalue weighted by atomic mass is 35.5. The fourth-order valence-electron chi connectivity index (χ4n) is 3.98. The SMILES string of the molecule is Cc1ccc(NC(=O)c2cc3c(n(-c4ccc(Cl)cc4)c2=O)CC(C)(C)CC3=O)cc1. The Morgan fingerprint density at radius 2 is 1.65 bits per heavy atom. The van der Waals surface area contributed by atoms with Gasteiger partial charge in [-0.1, -0.05) is 43.1 Å². The number of ketones is 1. The van der Waals surface area contributed by atoms with E-state index in [9.17, 15) is 14.4 Å². The number of benzene rings is 2. The lowest BCUT2D eigenvalue weighted by molar-refractivity contribution is 0.0909. The fraction of sp³-hybridized carbons (Fsp3) is 0.240. The van der Waals surface area contributed by atoms with E-state index in [0.717, 1.165) is 5.56 Å². The molecule has 0 aliphatic heterocycles. The number of hydrogen-bond donors (Lipinski definition) is 1. The quantitative estimate of drug-likeness (QED) is 0.615. The number of aromatic nitrogens is 1. The Hall–Kier alpha value is -3.18. The smallest absolute Gasteiger partial charge is 0.268 e. The number of anilines is 1. The van der Waals surface area contributed by atoms with Gasteiger partial charge in [0.05, 0.1) is 0 Å². The van der Waals surface area contributed by atoms with E-state index in [1.807, 2.05) is 32.9 Å². The van der Waals surface area contributed by atoms with Crippen molar-refractivity contribution in [3.63, 3.8) is 0 Å². The van der Waals surface area contributed by atoms with E-state index in [1.165, 1.54) is 10.6 Å². The van der Waals surface area contributed by atoms with Crippen molar-refractivity contribution in [2.75, 3.05) is 5.32 Å². The van der Waals surface area contributed by atoms with Crippen LogP contribution in [-0.4, -0.2) is 16.3 Å².